The summed E-state index contributed by atoms with van der Waals surface area (Å²) in [6, 6.07) is 0. The van der Waals surface area contributed by atoms with Crippen molar-refractivity contribution < 1.29 is 4.74 Å². The Morgan fingerprint density at radius 1 is 1.28 bits per heavy atom. The van der Waals surface area contributed by atoms with E-state index in [2.05, 4.69) is 31.0 Å². The van der Waals surface area contributed by atoms with Gasteiger partial charge in [-0.1, -0.05) is 20.8 Å². The molecule has 0 aliphatic carbocycles. The number of likely N-dealkylation sites (tertiary alicyclic amines) is 1. The van der Waals surface area contributed by atoms with Gasteiger partial charge in [0.05, 0.1) is 6.10 Å². The van der Waals surface area contributed by atoms with Crippen LogP contribution in [0.2, 0.25) is 0 Å². The van der Waals surface area contributed by atoms with Crippen molar-refractivity contribution in [3.63, 3.8) is 0 Å². The number of hydrogen-bond acceptors (Lipinski definition) is 3. The molecule has 1 fully saturated rings. The highest BCUT2D eigenvalue weighted by Crippen LogP contribution is 2.28. The first-order valence-corrected chi connectivity index (χ1v) is 7.65. The zero-order valence-corrected chi connectivity index (χ0v) is 12.8. The van der Waals surface area contributed by atoms with Crippen LogP contribution in [0.5, 0.6) is 0 Å². The van der Waals surface area contributed by atoms with Crippen LogP contribution in [0, 0.1) is 5.41 Å². The van der Waals surface area contributed by atoms with Crippen LogP contribution in [0.4, 0.5) is 0 Å². The van der Waals surface area contributed by atoms with Gasteiger partial charge >= 0.3 is 0 Å². The molecule has 0 saturated carbocycles. The fraction of sp³-hybridized carbons (Fsp3) is 1.00. The maximum absolute atomic E-state index is 5.53. The first-order valence-electron chi connectivity index (χ1n) is 7.65. The van der Waals surface area contributed by atoms with Gasteiger partial charge in [-0.3, -0.25) is 0 Å². The van der Waals surface area contributed by atoms with E-state index in [4.69, 9.17) is 4.74 Å². The van der Waals surface area contributed by atoms with Gasteiger partial charge < -0.3 is 15.0 Å². The Morgan fingerprint density at radius 2 is 2.00 bits per heavy atom. The van der Waals surface area contributed by atoms with Gasteiger partial charge in [0, 0.05) is 26.7 Å². The van der Waals surface area contributed by atoms with Crippen LogP contribution in [0.3, 0.4) is 0 Å². The molecule has 0 bridgehead atoms. The van der Waals surface area contributed by atoms with Crippen molar-refractivity contribution in [2.45, 2.75) is 52.6 Å². The van der Waals surface area contributed by atoms with Crippen LogP contribution < -0.4 is 5.32 Å². The molecule has 1 saturated heterocycles. The number of hydrogen-bond donors (Lipinski definition) is 1. The largest absolute Gasteiger partial charge is 0.380 e. The van der Waals surface area contributed by atoms with Crippen LogP contribution in [-0.2, 0) is 4.74 Å². The van der Waals surface area contributed by atoms with Gasteiger partial charge in [0.25, 0.3) is 0 Å². The van der Waals surface area contributed by atoms with E-state index >= 15 is 0 Å². The fourth-order valence-electron chi connectivity index (χ4n) is 2.99. The van der Waals surface area contributed by atoms with E-state index in [1.54, 1.807) is 0 Å². The molecule has 18 heavy (non-hydrogen) atoms. The maximum atomic E-state index is 5.53. The second-order valence-corrected chi connectivity index (χ2v) is 5.72. The zero-order chi connectivity index (χ0) is 13.4. The number of methoxy groups -OCH3 is 1. The SMILES string of the molecule is CCNCC(CC)(CC)CN1CCCC(OC)C1. The first-order chi connectivity index (χ1) is 8.69. The third-order valence-electron chi connectivity index (χ3n) is 4.60. The van der Waals surface area contributed by atoms with E-state index in [9.17, 15) is 0 Å². The summed E-state index contributed by atoms with van der Waals surface area (Å²) >= 11 is 0. The normalized spacial score (nSPS) is 22.3. The predicted octanol–water partition coefficient (Wildman–Crippen LogP) is 2.51. The summed E-state index contributed by atoms with van der Waals surface area (Å²) in [5.74, 6) is 0. The van der Waals surface area contributed by atoms with Crippen molar-refractivity contribution in [2.24, 2.45) is 5.41 Å². The van der Waals surface area contributed by atoms with E-state index in [-0.39, 0.29) is 0 Å². The van der Waals surface area contributed by atoms with Gasteiger partial charge in [0.2, 0.25) is 0 Å². The Kier molecular flexibility index (Phi) is 7.20. The quantitative estimate of drug-likeness (QED) is 0.722. The van der Waals surface area contributed by atoms with Crippen molar-refractivity contribution in [3.8, 4) is 0 Å². The minimum absolute atomic E-state index is 0.436. The fourth-order valence-corrected chi connectivity index (χ4v) is 2.99. The summed E-state index contributed by atoms with van der Waals surface area (Å²) in [5.41, 5.74) is 0.436. The molecule has 1 atom stereocenters. The maximum Gasteiger partial charge on any atom is 0.0698 e. The van der Waals surface area contributed by atoms with Crippen molar-refractivity contribution in [1.82, 2.24) is 10.2 Å². The molecule has 0 amide bonds. The van der Waals surface area contributed by atoms with Crippen molar-refractivity contribution in [3.05, 3.63) is 0 Å². The molecule has 108 valence electrons. The predicted molar refractivity (Wildman–Crippen MR) is 78.0 cm³/mol. The molecule has 0 aromatic carbocycles. The molecule has 1 rings (SSSR count). The summed E-state index contributed by atoms with van der Waals surface area (Å²) < 4.78 is 5.53. The van der Waals surface area contributed by atoms with E-state index in [0.29, 0.717) is 11.5 Å². The highest BCUT2D eigenvalue weighted by atomic mass is 16.5. The second kappa shape index (κ2) is 8.13. The molecular weight excluding hydrogens is 224 g/mol. The highest BCUT2D eigenvalue weighted by molar-refractivity contribution is 4.85. The Morgan fingerprint density at radius 3 is 2.56 bits per heavy atom. The Hall–Kier alpha value is -0.120. The topological polar surface area (TPSA) is 24.5 Å². The van der Waals surface area contributed by atoms with Gasteiger partial charge in [-0.25, -0.2) is 0 Å². The van der Waals surface area contributed by atoms with Crippen LogP contribution in [0.15, 0.2) is 0 Å². The smallest absolute Gasteiger partial charge is 0.0698 e. The van der Waals surface area contributed by atoms with E-state index in [0.717, 1.165) is 19.6 Å². The first kappa shape index (κ1) is 15.9. The summed E-state index contributed by atoms with van der Waals surface area (Å²) in [5, 5.41) is 3.55. The second-order valence-electron chi connectivity index (χ2n) is 5.72. The van der Waals surface area contributed by atoms with Crippen molar-refractivity contribution >= 4 is 0 Å². The third kappa shape index (κ3) is 4.52. The van der Waals surface area contributed by atoms with Crippen LogP contribution in [-0.4, -0.2) is 50.8 Å². The highest BCUT2D eigenvalue weighted by Gasteiger charge is 2.30. The van der Waals surface area contributed by atoms with Crippen LogP contribution in [0.1, 0.15) is 46.5 Å². The molecule has 0 aromatic rings. The molecule has 1 N–H and O–H groups in total. The molecule has 1 aliphatic rings. The van der Waals surface area contributed by atoms with Gasteiger partial charge in [0.1, 0.15) is 0 Å². The van der Waals surface area contributed by atoms with E-state index in [1.165, 1.54) is 38.8 Å². The molecule has 0 spiro atoms. The number of nitrogens with one attached hydrogen (secondary N) is 1. The van der Waals surface area contributed by atoms with Gasteiger partial charge in [-0.15, -0.1) is 0 Å². The summed E-state index contributed by atoms with van der Waals surface area (Å²) in [7, 11) is 1.85. The van der Waals surface area contributed by atoms with E-state index in [1.807, 2.05) is 7.11 Å². The Balaban J connectivity index is 2.53. The lowest BCUT2D eigenvalue weighted by Crippen LogP contribution is -2.48. The molecular formula is C15H32N2O. The molecule has 3 nitrogen and oxygen atoms in total. The Bertz CT molecular complexity index is 217. The van der Waals surface area contributed by atoms with Crippen LogP contribution >= 0.6 is 0 Å². The molecule has 1 unspecified atom stereocenters. The minimum Gasteiger partial charge on any atom is -0.380 e. The van der Waals surface area contributed by atoms with Gasteiger partial charge in [-0.05, 0) is 44.2 Å². The summed E-state index contributed by atoms with van der Waals surface area (Å²) in [6.45, 7) is 12.6. The molecule has 0 aromatic heterocycles. The standard InChI is InChI=1S/C15H32N2O/c1-5-15(6-2,12-16-7-3)13-17-10-8-9-14(11-17)18-4/h14,16H,5-13H2,1-4H3. The summed E-state index contributed by atoms with van der Waals surface area (Å²) in [6.07, 6.45) is 5.47. The van der Waals surface area contributed by atoms with E-state index < -0.39 is 0 Å². The Labute approximate surface area is 113 Å². The number of nitrogens with zero attached hydrogens (tertiary/aromatic N) is 1. The average molecular weight is 256 g/mol. The number of ether oxygens (including phenoxy) is 1. The molecule has 3 heteroatoms. The third-order valence-corrected chi connectivity index (χ3v) is 4.60. The number of rotatable bonds is 8. The van der Waals surface area contributed by atoms with Gasteiger partial charge in [-0.2, -0.15) is 0 Å². The van der Waals surface area contributed by atoms with Crippen molar-refractivity contribution in [1.29, 1.82) is 0 Å². The number of piperidine rings is 1. The summed E-state index contributed by atoms with van der Waals surface area (Å²) in [4.78, 5) is 2.61. The lowest BCUT2D eigenvalue weighted by molar-refractivity contribution is 0.0122. The molecule has 1 heterocycles. The average Bonchev–Trinajstić information content (AvgIpc) is 2.44. The monoisotopic (exact) mass is 256 g/mol. The zero-order valence-electron chi connectivity index (χ0n) is 12.8. The minimum atomic E-state index is 0.436. The molecule has 0 radical (unpaired) electrons. The van der Waals surface area contributed by atoms with Crippen molar-refractivity contribution in [2.75, 3.05) is 39.8 Å². The molecule has 1 aliphatic heterocycles. The van der Waals surface area contributed by atoms with Gasteiger partial charge in [0.15, 0.2) is 0 Å². The van der Waals surface area contributed by atoms with Crippen LogP contribution in [0.25, 0.3) is 0 Å². The lowest BCUT2D eigenvalue weighted by Gasteiger charge is -2.40. The lowest BCUT2D eigenvalue weighted by atomic mass is 9.81.